The number of hydrogen-bond donors (Lipinski definition) is 2. The average molecular weight is 229 g/mol. The van der Waals surface area contributed by atoms with Crippen molar-refractivity contribution in [1.82, 2.24) is 4.31 Å². The van der Waals surface area contributed by atoms with Gasteiger partial charge >= 0.3 is 0 Å². The second kappa shape index (κ2) is 5.25. The molecule has 1 heterocycles. The van der Waals surface area contributed by atoms with Crippen LogP contribution in [0.25, 0.3) is 0 Å². The molecule has 0 amide bonds. The maximum Gasteiger partial charge on any atom is 0.261 e. The third kappa shape index (κ3) is 2.77. The van der Waals surface area contributed by atoms with Gasteiger partial charge in [-0.15, -0.1) is 0 Å². The van der Waals surface area contributed by atoms with Crippen LogP contribution in [0.3, 0.4) is 0 Å². The van der Waals surface area contributed by atoms with Crippen molar-refractivity contribution in [3.8, 4) is 0 Å². The maximum atomic E-state index is 11.1. The van der Waals surface area contributed by atoms with E-state index in [4.69, 9.17) is 4.55 Å². The van der Waals surface area contributed by atoms with Crippen molar-refractivity contribution in [3.05, 3.63) is 36.1 Å². The van der Waals surface area contributed by atoms with E-state index in [-0.39, 0.29) is 6.54 Å². The molecule has 0 radical (unpaired) electrons. The summed E-state index contributed by atoms with van der Waals surface area (Å²) in [6, 6.07) is 0. The highest BCUT2D eigenvalue weighted by Gasteiger charge is 2.27. The fourth-order valence-corrected chi connectivity index (χ4v) is 2.34. The van der Waals surface area contributed by atoms with E-state index >= 15 is 0 Å². The summed E-state index contributed by atoms with van der Waals surface area (Å²) in [5, 5.41) is 9.55. The Kier molecular flexibility index (Phi) is 4.26. The molecule has 0 aromatic rings. The van der Waals surface area contributed by atoms with Gasteiger partial charge in [0.25, 0.3) is 11.3 Å². The monoisotopic (exact) mass is 229 g/mol. The van der Waals surface area contributed by atoms with Crippen LogP contribution in [0.4, 0.5) is 0 Å². The van der Waals surface area contributed by atoms with E-state index in [1.165, 1.54) is 4.31 Å². The number of aliphatic hydroxyl groups is 1. The molecular weight excluding hydrogens is 214 g/mol. The molecule has 2 atom stereocenters. The van der Waals surface area contributed by atoms with Gasteiger partial charge in [-0.2, -0.15) is 0 Å². The Hall–Kier alpha value is -0.910. The zero-order chi connectivity index (χ0) is 11.4. The Bertz CT molecular complexity index is 336. The van der Waals surface area contributed by atoms with E-state index in [2.05, 4.69) is 6.58 Å². The maximum absolute atomic E-state index is 11.1. The van der Waals surface area contributed by atoms with Crippen molar-refractivity contribution in [2.24, 2.45) is 0 Å². The van der Waals surface area contributed by atoms with Crippen molar-refractivity contribution in [3.63, 3.8) is 0 Å². The Morgan fingerprint density at radius 3 is 2.80 bits per heavy atom. The van der Waals surface area contributed by atoms with Gasteiger partial charge < -0.3 is 5.11 Å². The van der Waals surface area contributed by atoms with E-state index in [1.807, 2.05) is 0 Å². The number of rotatable bonds is 2. The molecule has 15 heavy (non-hydrogen) atoms. The molecule has 5 heteroatoms. The minimum Gasteiger partial charge on any atom is -0.391 e. The molecule has 1 rings (SSSR count). The zero-order valence-electron chi connectivity index (χ0n) is 8.59. The molecule has 1 fully saturated rings. The number of allylic oxidation sites excluding steroid dienone is 4. The Balaban J connectivity index is 3.05. The zero-order valence-corrected chi connectivity index (χ0v) is 9.41. The molecule has 0 bridgehead atoms. The van der Waals surface area contributed by atoms with Crippen molar-refractivity contribution in [2.45, 2.75) is 19.4 Å². The Morgan fingerprint density at radius 2 is 2.33 bits per heavy atom. The van der Waals surface area contributed by atoms with Gasteiger partial charge in [-0.05, 0) is 12.5 Å². The summed E-state index contributed by atoms with van der Waals surface area (Å²) in [5.74, 6) is 0. The molecule has 0 saturated carbocycles. The van der Waals surface area contributed by atoms with E-state index in [1.54, 1.807) is 25.2 Å². The SMILES string of the molecule is C=C/C=C1/C[C@@H](O)CN(S(=O)O)/C1=C/C. The van der Waals surface area contributed by atoms with E-state index in [9.17, 15) is 9.32 Å². The van der Waals surface area contributed by atoms with Gasteiger partial charge in [0.05, 0.1) is 18.3 Å². The average Bonchev–Trinajstić information content (AvgIpc) is 2.17. The Labute approximate surface area is 92.0 Å². The van der Waals surface area contributed by atoms with Crippen LogP contribution in [-0.2, 0) is 11.3 Å². The lowest BCUT2D eigenvalue weighted by molar-refractivity contribution is 0.141. The minimum atomic E-state index is -2.10. The van der Waals surface area contributed by atoms with Crippen molar-refractivity contribution in [1.29, 1.82) is 0 Å². The van der Waals surface area contributed by atoms with Gasteiger partial charge in [-0.3, -0.25) is 8.86 Å². The van der Waals surface area contributed by atoms with Crippen molar-refractivity contribution in [2.75, 3.05) is 6.54 Å². The summed E-state index contributed by atoms with van der Waals surface area (Å²) >= 11 is -2.10. The highest BCUT2D eigenvalue weighted by molar-refractivity contribution is 7.76. The van der Waals surface area contributed by atoms with E-state index in [0.717, 1.165) is 5.57 Å². The summed E-state index contributed by atoms with van der Waals surface area (Å²) < 4.78 is 21.4. The summed E-state index contributed by atoms with van der Waals surface area (Å²) in [4.78, 5) is 0. The predicted octanol–water partition coefficient (Wildman–Crippen LogP) is 1.21. The fraction of sp³-hybridized carbons (Fsp3) is 0.400. The lowest BCUT2D eigenvalue weighted by Crippen LogP contribution is -2.38. The molecule has 0 aliphatic carbocycles. The number of aliphatic hydroxyl groups excluding tert-OH is 1. The molecule has 1 unspecified atom stereocenters. The second-order valence-corrected chi connectivity index (χ2v) is 4.15. The molecule has 1 aliphatic heterocycles. The molecule has 0 spiro atoms. The second-order valence-electron chi connectivity index (χ2n) is 3.25. The molecule has 0 aromatic carbocycles. The van der Waals surface area contributed by atoms with E-state index < -0.39 is 17.4 Å². The third-order valence-corrected chi connectivity index (χ3v) is 2.93. The summed E-state index contributed by atoms with van der Waals surface area (Å²) in [6.45, 7) is 5.55. The third-order valence-electron chi connectivity index (χ3n) is 2.21. The largest absolute Gasteiger partial charge is 0.391 e. The number of β-amino-alcohol motifs (C(OH)–C–C–N with tert-alkyl or cyclic N) is 1. The lowest BCUT2D eigenvalue weighted by atomic mass is 10.00. The first-order valence-electron chi connectivity index (χ1n) is 4.65. The molecule has 0 aromatic heterocycles. The first kappa shape index (κ1) is 12.2. The predicted molar refractivity (Wildman–Crippen MR) is 60.1 cm³/mol. The lowest BCUT2D eigenvalue weighted by Gasteiger charge is -2.32. The van der Waals surface area contributed by atoms with Crippen molar-refractivity contribution < 1.29 is 13.9 Å². The van der Waals surface area contributed by atoms with Gasteiger partial charge in [-0.1, -0.05) is 24.8 Å². The van der Waals surface area contributed by atoms with Crippen molar-refractivity contribution >= 4 is 11.3 Å². The summed E-state index contributed by atoms with van der Waals surface area (Å²) in [6.07, 6.45) is 4.98. The summed E-state index contributed by atoms with van der Waals surface area (Å²) in [7, 11) is 0. The first-order valence-corrected chi connectivity index (χ1v) is 5.71. The smallest absolute Gasteiger partial charge is 0.261 e. The standard InChI is InChI=1S/C10H15NO3S/c1-3-5-8-6-9(12)7-11(15(13)14)10(8)4-2/h3-5,9,12H,1,6-7H2,2H3,(H,13,14)/b8-5-,10-4+/t9-/m1/s1. The first-order chi connectivity index (χ1) is 7.10. The normalized spacial score (nSPS) is 29.5. The number of nitrogens with zero attached hydrogens (tertiary/aromatic N) is 1. The highest BCUT2D eigenvalue weighted by Crippen LogP contribution is 2.27. The van der Waals surface area contributed by atoms with Gasteiger partial charge in [0.15, 0.2) is 0 Å². The van der Waals surface area contributed by atoms with Crippen LogP contribution in [0.5, 0.6) is 0 Å². The van der Waals surface area contributed by atoms with Gasteiger partial charge in [-0.25, -0.2) is 4.21 Å². The van der Waals surface area contributed by atoms with Crippen LogP contribution >= 0.6 is 0 Å². The van der Waals surface area contributed by atoms with Crippen LogP contribution in [0.15, 0.2) is 36.1 Å². The number of hydrogen-bond acceptors (Lipinski definition) is 2. The van der Waals surface area contributed by atoms with Crippen LogP contribution in [0.1, 0.15) is 13.3 Å². The van der Waals surface area contributed by atoms with Crippen LogP contribution in [0.2, 0.25) is 0 Å². The van der Waals surface area contributed by atoms with Crippen LogP contribution < -0.4 is 0 Å². The quantitative estimate of drug-likeness (QED) is 0.700. The molecule has 1 aliphatic rings. The summed E-state index contributed by atoms with van der Waals surface area (Å²) in [5.41, 5.74) is 1.51. The minimum absolute atomic E-state index is 0.178. The topological polar surface area (TPSA) is 60.8 Å². The molecule has 4 nitrogen and oxygen atoms in total. The highest BCUT2D eigenvalue weighted by atomic mass is 32.2. The Morgan fingerprint density at radius 1 is 1.67 bits per heavy atom. The van der Waals surface area contributed by atoms with E-state index in [0.29, 0.717) is 12.1 Å². The van der Waals surface area contributed by atoms with Gasteiger partial charge in [0.2, 0.25) is 0 Å². The fourth-order valence-electron chi connectivity index (χ4n) is 1.65. The molecule has 1 saturated heterocycles. The van der Waals surface area contributed by atoms with Crippen LogP contribution in [0, 0.1) is 0 Å². The molecule has 2 N–H and O–H groups in total. The molecule has 84 valence electrons. The van der Waals surface area contributed by atoms with Gasteiger partial charge in [0.1, 0.15) is 0 Å². The number of piperidine rings is 1. The molecular formula is C10H15NO3S. The van der Waals surface area contributed by atoms with Gasteiger partial charge in [0, 0.05) is 6.42 Å². The van der Waals surface area contributed by atoms with Crippen LogP contribution in [-0.4, -0.2) is 30.8 Å².